The molecule has 0 unspecified atom stereocenters. The summed E-state index contributed by atoms with van der Waals surface area (Å²) in [5, 5.41) is 2.71. The number of likely N-dealkylation sites (tertiary alicyclic amines) is 1. The molecule has 1 amide bonds. The van der Waals surface area contributed by atoms with Gasteiger partial charge in [-0.3, -0.25) is 4.79 Å². The number of carbonyl (C=O) groups excluding carboxylic acids is 3. The first-order valence-electron chi connectivity index (χ1n) is 8.97. The highest BCUT2D eigenvalue weighted by molar-refractivity contribution is 7.18. The summed E-state index contributed by atoms with van der Waals surface area (Å²) in [4.78, 5) is 38.0. The summed E-state index contributed by atoms with van der Waals surface area (Å²) >= 11 is 0.886. The van der Waals surface area contributed by atoms with Crippen molar-refractivity contribution in [2.75, 3.05) is 39.2 Å². The number of rotatable bonds is 6. The second-order valence-electron chi connectivity index (χ2n) is 6.72. The summed E-state index contributed by atoms with van der Waals surface area (Å²) in [5.41, 5.74) is 0.384. The summed E-state index contributed by atoms with van der Waals surface area (Å²) in [5.74, 6) is -3.22. The lowest BCUT2D eigenvalue weighted by Crippen LogP contribution is -2.42. The number of hydrogen-bond acceptors (Lipinski definition) is 7. The minimum absolute atomic E-state index is 0.0459. The van der Waals surface area contributed by atoms with E-state index in [0.29, 0.717) is 18.5 Å². The Morgan fingerprint density at radius 2 is 1.86 bits per heavy atom. The van der Waals surface area contributed by atoms with E-state index in [9.17, 15) is 27.6 Å². The number of carbonyl (C=O) groups is 3. The van der Waals surface area contributed by atoms with Crippen LogP contribution in [0.15, 0.2) is 0 Å². The van der Waals surface area contributed by atoms with Crippen LogP contribution in [-0.4, -0.2) is 62.8 Å². The molecule has 1 aliphatic rings. The second-order valence-corrected chi connectivity index (χ2v) is 7.74. The molecule has 7 nitrogen and oxygen atoms in total. The lowest BCUT2D eigenvalue weighted by Gasteiger charge is -2.33. The number of hydrogen-bond donors (Lipinski definition) is 1. The maximum Gasteiger partial charge on any atom is 0.393 e. The first-order chi connectivity index (χ1) is 13.6. The Morgan fingerprint density at radius 3 is 2.45 bits per heavy atom. The normalized spacial score (nSPS) is 17.7. The van der Waals surface area contributed by atoms with E-state index in [1.54, 1.807) is 4.90 Å². The molecule has 0 aromatic carbocycles. The van der Waals surface area contributed by atoms with Gasteiger partial charge in [-0.15, -0.1) is 11.3 Å². The van der Waals surface area contributed by atoms with Gasteiger partial charge in [0.15, 0.2) is 0 Å². The molecular formula is C18H23F3N2O5S. The maximum absolute atomic E-state index is 12.9. The molecule has 1 aromatic heterocycles. The number of ether oxygens (including phenoxy) is 2. The minimum atomic E-state index is -4.24. The van der Waals surface area contributed by atoms with Gasteiger partial charge in [-0.25, -0.2) is 9.59 Å². The topological polar surface area (TPSA) is 84.9 Å². The van der Waals surface area contributed by atoms with Crippen LogP contribution >= 0.6 is 11.3 Å². The summed E-state index contributed by atoms with van der Waals surface area (Å²) in [6.07, 6.45) is -3.77. The van der Waals surface area contributed by atoms with Crippen LogP contribution in [0.2, 0.25) is 0 Å². The molecule has 2 heterocycles. The number of nitrogens with zero attached hydrogens (tertiary/aromatic N) is 1. The van der Waals surface area contributed by atoms with Gasteiger partial charge in [0.1, 0.15) is 9.88 Å². The van der Waals surface area contributed by atoms with Gasteiger partial charge in [0.2, 0.25) is 5.91 Å². The van der Waals surface area contributed by atoms with Crippen LogP contribution in [0.5, 0.6) is 0 Å². The maximum atomic E-state index is 12.9. The average Bonchev–Trinajstić information content (AvgIpc) is 3.00. The Bertz CT molecular complexity index is 778. The highest BCUT2D eigenvalue weighted by Gasteiger charge is 2.41. The van der Waals surface area contributed by atoms with Gasteiger partial charge < -0.3 is 19.7 Å². The zero-order valence-corrected chi connectivity index (χ0v) is 17.2. The lowest BCUT2D eigenvalue weighted by atomic mass is 9.97. The molecule has 0 aliphatic carbocycles. The van der Waals surface area contributed by atoms with Crippen molar-refractivity contribution < 1.29 is 37.0 Å². The third-order valence-corrected chi connectivity index (χ3v) is 5.97. The van der Waals surface area contributed by atoms with Crippen molar-refractivity contribution in [3.05, 3.63) is 16.0 Å². The predicted molar refractivity (Wildman–Crippen MR) is 100 cm³/mol. The molecular weight excluding hydrogens is 413 g/mol. The Balaban J connectivity index is 2.05. The molecule has 0 saturated carbocycles. The SMILES string of the molecule is COC(=O)c1sc(NC(=O)CCN2CCC[C@H](C(F)(F)F)C2)c(C(=O)OC)c1C. The van der Waals surface area contributed by atoms with E-state index in [1.165, 1.54) is 21.1 Å². The van der Waals surface area contributed by atoms with E-state index in [0.717, 1.165) is 11.3 Å². The third-order valence-electron chi connectivity index (χ3n) is 4.78. The molecule has 1 N–H and O–H groups in total. The van der Waals surface area contributed by atoms with Crippen LogP contribution in [0.1, 0.15) is 44.9 Å². The number of methoxy groups -OCH3 is 2. The van der Waals surface area contributed by atoms with Gasteiger partial charge in [-0.1, -0.05) is 0 Å². The fraction of sp³-hybridized carbons (Fsp3) is 0.611. The predicted octanol–water partition coefficient (Wildman–Crippen LogP) is 3.23. The van der Waals surface area contributed by atoms with Crippen molar-refractivity contribution in [2.24, 2.45) is 5.92 Å². The zero-order valence-electron chi connectivity index (χ0n) is 16.4. The molecule has 2 rings (SSSR count). The van der Waals surface area contributed by atoms with Crippen LogP contribution in [0, 0.1) is 12.8 Å². The smallest absolute Gasteiger partial charge is 0.393 e. The van der Waals surface area contributed by atoms with Gasteiger partial charge in [0.25, 0.3) is 0 Å². The van der Waals surface area contributed by atoms with E-state index < -0.39 is 29.9 Å². The second kappa shape index (κ2) is 9.57. The number of halogens is 3. The van der Waals surface area contributed by atoms with Crippen molar-refractivity contribution in [1.82, 2.24) is 4.90 Å². The van der Waals surface area contributed by atoms with Gasteiger partial charge in [-0.2, -0.15) is 13.2 Å². The Morgan fingerprint density at radius 1 is 1.21 bits per heavy atom. The summed E-state index contributed by atoms with van der Waals surface area (Å²) < 4.78 is 48.1. The molecule has 1 fully saturated rings. The summed E-state index contributed by atoms with van der Waals surface area (Å²) in [6.45, 7) is 2.07. The third kappa shape index (κ3) is 5.69. The molecule has 0 radical (unpaired) electrons. The largest absolute Gasteiger partial charge is 0.465 e. The number of piperidine rings is 1. The average molecular weight is 436 g/mol. The summed E-state index contributed by atoms with van der Waals surface area (Å²) in [6, 6.07) is 0. The number of anilines is 1. The van der Waals surface area contributed by atoms with Crippen LogP contribution < -0.4 is 5.32 Å². The quantitative estimate of drug-likeness (QED) is 0.690. The molecule has 162 valence electrons. The zero-order chi connectivity index (χ0) is 21.8. The molecule has 1 aliphatic heterocycles. The van der Waals surface area contributed by atoms with Crippen molar-refractivity contribution >= 4 is 34.2 Å². The van der Waals surface area contributed by atoms with Crippen molar-refractivity contribution in [3.8, 4) is 0 Å². The number of alkyl halides is 3. The molecule has 1 atom stereocenters. The number of amides is 1. The van der Waals surface area contributed by atoms with Crippen molar-refractivity contribution in [2.45, 2.75) is 32.4 Å². The fourth-order valence-electron chi connectivity index (χ4n) is 3.21. The van der Waals surface area contributed by atoms with Crippen molar-refractivity contribution in [1.29, 1.82) is 0 Å². The molecule has 0 bridgehead atoms. The first kappa shape index (κ1) is 23.1. The number of thiophene rings is 1. The fourth-order valence-corrected chi connectivity index (χ4v) is 4.34. The van der Waals surface area contributed by atoms with Gasteiger partial charge in [-0.05, 0) is 31.9 Å². The Hall–Kier alpha value is -2.14. The molecule has 11 heteroatoms. The number of nitrogens with one attached hydrogen (secondary N) is 1. The van der Waals surface area contributed by atoms with E-state index in [4.69, 9.17) is 4.74 Å². The van der Waals surface area contributed by atoms with Crippen molar-refractivity contribution in [3.63, 3.8) is 0 Å². The van der Waals surface area contributed by atoms with Crippen LogP contribution in [0.25, 0.3) is 0 Å². The van der Waals surface area contributed by atoms with E-state index in [-0.39, 0.29) is 41.4 Å². The number of esters is 2. The minimum Gasteiger partial charge on any atom is -0.465 e. The van der Waals surface area contributed by atoms with E-state index in [2.05, 4.69) is 10.1 Å². The van der Waals surface area contributed by atoms with Crippen LogP contribution in [0.3, 0.4) is 0 Å². The molecule has 1 saturated heterocycles. The van der Waals surface area contributed by atoms with Crippen LogP contribution in [-0.2, 0) is 14.3 Å². The highest BCUT2D eigenvalue weighted by Crippen LogP contribution is 2.35. The lowest BCUT2D eigenvalue weighted by molar-refractivity contribution is -0.186. The molecule has 1 aromatic rings. The first-order valence-corrected chi connectivity index (χ1v) is 9.79. The van der Waals surface area contributed by atoms with Gasteiger partial charge in [0.05, 0.1) is 25.7 Å². The van der Waals surface area contributed by atoms with E-state index in [1.807, 2.05) is 0 Å². The van der Waals surface area contributed by atoms with Gasteiger partial charge in [0, 0.05) is 19.5 Å². The highest BCUT2D eigenvalue weighted by atomic mass is 32.1. The standard InChI is InChI=1S/C18H23F3N2O5S/c1-10-13(16(25)27-2)15(29-14(10)17(26)28-3)22-12(24)6-8-23-7-4-5-11(9-23)18(19,20)21/h11H,4-9H2,1-3H3,(H,22,24)/t11-/m0/s1. The Labute approximate surface area is 170 Å². The van der Waals surface area contributed by atoms with Gasteiger partial charge >= 0.3 is 18.1 Å². The van der Waals surface area contributed by atoms with Crippen LogP contribution in [0.4, 0.5) is 18.2 Å². The molecule has 0 spiro atoms. The monoisotopic (exact) mass is 436 g/mol. The summed E-state index contributed by atoms with van der Waals surface area (Å²) in [7, 11) is 2.38. The van der Waals surface area contributed by atoms with E-state index >= 15 is 0 Å². The molecule has 29 heavy (non-hydrogen) atoms. The Kier molecular flexibility index (Phi) is 7.64.